The lowest BCUT2D eigenvalue weighted by Gasteiger charge is -2.26. The lowest BCUT2D eigenvalue weighted by atomic mass is 9.81. The van der Waals surface area contributed by atoms with E-state index in [4.69, 9.17) is 0 Å². The zero-order valence-corrected chi connectivity index (χ0v) is 72.2. The minimum absolute atomic E-state index is 0.662. The smallest absolute Gasteiger partial charge is 0.310 e. The Morgan fingerprint density at radius 2 is 0.492 bits per heavy atom. The first-order valence-electron chi connectivity index (χ1n) is 45.5. The van der Waals surface area contributed by atoms with Crippen LogP contribution < -0.4 is 9.80 Å². The van der Waals surface area contributed by atoms with E-state index in [9.17, 15) is 13.2 Å². The van der Waals surface area contributed by atoms with Crippen LogP contribution in [0.4, 0.5) is 47.3 Å². The van der Waals surface area contributed by atoms with Crippen LogP contribution in [0.2, 0.25) is 0 Å². The normalized spacial score (nSPS) is 12.2. The summed E-state index contributed by atoms with van der Waals surface area (Å²) in [6.45, 7) is 0. The Balaban J connectivity index is 0.000000146. The summed E-state index contributed by atoms with van der Waals surface area (Å²) in [4.78, 5) is 4.75. The number of benzene rings is 22. The summed E-state index contributed by atoms with van der Waals surface area (Å²) < 4.78 is 45.6. The van der Waals surface area contributed by atoms with Crippen LogP contribution in [0.5, 0.6) is 0 Å². The van der Waals surface area contributed by atoms with Crippen molar-refractivity contribution in [2.45, 2.75) is 31.9 Å². The summed E-state index contributed by atoms with van der Waals surface area (Å²) in [6, 6.07) is 166. The lowest BCUT2D eigenvalue weighted by molar-refractivity contribution is -0.137. The molecule has 0 atom stereocenters. The van der Waals surface area contributed by atoms with Gasteiger partial charge in [0.05, 0.1) is 27.6 Å². The number of hydrogen-bond acceptors (Lipinski definition) is 2. The number of aryl methyl sites for hydroxylation is 1. The highest BCUT2D eigenvalue weighted by atomic mass is 19.4. The van der Waals surface area contributed by atoms with E-state index in [1.54, 1.807) is 12.1 Å². The molecule has 24 aromatic rings. The van der Waals surface area contributed by atoms with Gasteiger partial charge in [-0.05, 0) is 302 Å². The van der Waals surface area contributed by atoms with E-state index in [-0.39, 0.29) is 0 Å². The molecule has 0 N–H and O–H groups in total. The van der Waals surface area contributed by atoms with Gasteiger partial charge in [0, 0.05) is 67.0 Å². The van der Waals surface area contributed by atoms with Crippen LogP contribution in [0, 0.1) is 0 Å². The second-order valence-corrected chi connectivity index (χ2v) is 34.6. The molecule has 25 rings (SSSR count). The summed E-state index contributed by atoms with van der Waals surface area (Å²) in [7, 11) is 0. The number of anilines is 6. The first-order valence-corrected chi connectivity index (χ1v) is 45.5. The molecule has 0 bridgehead atoms. The number of fused-ring (bicyclic) bond motifs is 13. The topological polar surface area (TPSA) is 16.3 Å². The minimum Gasteiger partial charge on any atom is -0.310 e. The zero-order chi connectivity index (χ0) is 87.9. The van der Waals surface area contributed by atoms with Gasteiger partial charge in [0.25, 0.3) is 0 Å². The summed E-state index contributed by atoms with van der Waals surface area (Å²) in [5.74, 6) is 0. The van der Waals surface area contributed by atoms with Gasteiger partial charge in [0.2, 0.25) is 0 Å². The van der Waals surface area contributed by atoms with E-state index in [1.807, 2.05) is 30.3 Å². The Morgan fingerprint density at radius 3 is 0.879 bits per heavy atom. The van der Waals surface area contributed by atoms with Gasteiger partial charge in [0.1, 0.15) is 0 Å². The van der Waals surface area contributed by atoms with Crippen molar-refractivity contribution in [1.82, 2.24) is 9.13 Å². The number of aromatic nitrogens is 2. The van der Waals surface area contributed by atoms with Crippen molar-refractivity contribution in [2.24, 2.45) is 0 Å². The van der Waals surface area contributed by atoms with Gasteiger partial charge in [-0.3, -0.25) is 0 Å². The summed E-state index contributed by atoms with van der Waals surface area (Å²) in [6.07, 6.45) is 0.417. The second kappa shape index (κ2) is 32.9. The first-order chi connectivity index (χ1) is 65.2. The minimum atomic E-state index is -4.41. The third-order valence-corrected chi connectivity index (χ3v) is 27.2. The SMILES string of the molecule is FC(F)(F)c1ccc(-c2c3ccccc3c(-c3ccc(N(c4ccc(-c5cccc6ccccc56)cc4)c4ccc5c(c4)c4ccccc4n5-c4ccccc4)cc3)c3ccccc23)cc1.c1ccc(-n2c3ccccc3c3cc(N(c4ccc(-c5cccc6ccccc56)cc4)c4ccc(-c5c6ccccc6c(-c6cccc7c6CCCC7)c6ccccc56)cc4)ccc32)cc1. The molecule has 0 saturated carbocycles. The molecule has 0 fully saturated rings. The Morgan fingerprint density at radius 1 is 0.205 bits per heavy atom. The summed E-state index contributed by atoms with van der Waals surface area (Å²) in [5, 5.41) is 18.9. The van der Waals surface area contributed by atoms with Gasteiger partial charge >= 0.3 is 6.18 Å². The van der Waals surface area contributed by atoms with Crippen LogP contribution >= 0.6 is 0 Å². The summed E-state index contributed by atoms with van der Waals surface area (Å²) >= 11 is 0. The predicted octanol–water partition coefficient (Wildman–Crippen LogP) is 35.3. The average molecular weight is 1700 g/mol. The van der Waals surface area contributed by atoms with E-state index in [1.165, 1.54) is 152 Å². The van der Waals surface area contributed by atoms with Crippen LogP contribution in [-0.4, -0.2) is 9.13 Å². The Kier molecular flexibility index (Phi) is 19.7. The molecule has 22 aromatic carbocycles. The third kappa shape index (κ3) is 13.8. The monoisotopic (exact) mass is 1700 g/mol. The van der Waals surface area contributed by atoms with Crippen LogP contribution in [0.3, 0.4) is 0 Å². The maximum absolute atomic E-state index is 13.6. The molecule has 4 nitrogen and oxygen atoms in total. The van der Waals surface area contributed by atoms with Crippen molar-refractivity contribution in [1.29, 1.82) is 0 Å². The fourth-order valence-electron chi connectivity index (χ4n) is 21.2. The standard InChI is InChI=1S/C64H46N2.C61H39F3N2/c1-2-20-47(21-3-1)66-61-31-13-12-24-54(61)60-42-50(40-41-62(60)66)65(48-36-32-45(33-37-48)52-29-14-18-43-16-4-6-22-51(43)52)49-38-34-46(35-39-49)63-56-25-8-10-27-58(56)64(59-28-11-9-26-57(59)63)55-30-15-19-44-17-5-7-23-53(44)55;62-61(63,64)44-31-25-42(26-32-44)59-52-19-6-8-21-54(52)60(55-22-9-7-20-53(55)59)43-29-35-47(36-30-43)65(46-33-27-41(28-34-46)50-23-12-14-40-13-4-5-17-49(40)50)48-37-38-58-56(39-48)51-18-10-11-24-57(51)66(58)45-15-2-1-3-16-45/h1-4,6,8-16,18-22,24-42H,5,7,17,23H2;1-39H. The van der Waals surface area contributed by atoms with E-state index in [0.717, 1.165) is 118 Å². The number of nitrogens with zero attached hydrogens (tertiary/aromatic N) is 4. The summed E-state index contributed by atoms with van der Waals surface area (Å²) in [5.41, 5.74) is 29.5. The fraction of sp³-hybridized carbons (Fsp3) is 0.0400. The maximum Gasteiger partial charge on any atom is 0.416 e. The van der Waals surface area contributed by atoms with Crippen molar-refractivity contribution in [2.75, 3.05) is 9.80 Å². The Labute approximate surface area is 763 Å². The van der Waals surface area contributed by atoms with Crippen LogP contribution in [0.1, 0.15) is 29.5 Å². The first kappa shape index (κ1) is 78.8. The van der Waals surface area contributed by atoms with Gasteiger partial charge in [-0.15, -0.1) is 0 Å². The molecule has 2 aromatic heterocycles. The quantitative estimate of drug-likeness (QED) is 0.101. The molecule has 0 radical (unpaired) electrons. The molecule has 2 heterocycles. The molecule has 0 aliphatic heterocycles. The number of hydrogen-bond donors (Lipinski definition) is 0. The highest BCUT2D eigenvalue weighted by Crippen LogP contribution is 2.51. The zero-order valence-electron chi connectivity index (χ0n) is 72.2. The third-order valence-electron chi connectivity index (χ3n) is 27.2. The number of para-hydroxylation sites is 4. The molecular formula is C125H85F3N4. The Bertz CT molecular complexity index is 8470. The van der Waals surface area contributed by atoms with Gasteiger partial charge in [-0.1, -0.05) is 334 Å². The molecule has 7 heteroatoms. The maximum atomic E-state index is 13.6. The van der Waals surface area contributed by atoms with Crippen molar-refractivity contribution in [3.63, 3.8) is 0 Å². The second-order valence-electron chi connectivity index (χ2n) is 34.6. The van der Waals surface area contributed by atoms with E-state index < -0.39 is 11.7 Å². The van der Waals surface area contributed by atoms with Crippen molar-refractivity contribution < 1.29 is 13.2 Å². The van der Waals surface area contributed by atoms with Crippen molar-refractivity contribution >= 4 is 142 Å². The highest BCUT2D eigenvalue weighted by Gasteiger charge is 2.31. The van der Waals surface area contributed by atoms with Gasteiger partial charge in [-0.2, -0.15) is 13.2 Å². The van der Waals surface area contributed by atoms with Crippen LogP contribution in [0.15, 0.2) is 467 Å². The van der Waals surface area contributed by atoms with Gasteiger partial charge < -0.3 is 18.9 Å². The molecular weight excluding hydrogens is 1610 g/mol. The molecule has 0 spiro atoms. The molecule has 132 heavy (non-hydrogen) atoms. The largest absolute Gasteiger partial charge is 0.416 e. The van der Waals surface area contributed by atoms with E-state index >= 15 is 0 Å². The average Bonchev–Trinajstić information content (AvgIpc) is 1.13. The van der Waals surface area contributed by atoms with Gasteiger partial charge in [0.15, 0.2) is 0 Å². The molecule has 626 valence electrons. The van der Waals surface area contributed by atoms with Crippen LogP contribution in [-0.2, 0) is 19.0 Å². The number of rotatable bonds is 14. The van der Waals surface area contributed by atoms with Gasteiger partial charge in [-0.25, -0.2) is 0 Å². The van der Waals surface area contributed by atoms with Crippen molar-refractivity contribution in [3.8, 4) is 78.1 Å². The highest BCUT2D eigenvalue weighted by molar-refractivity contribution is 6.24. The molecule has 1 aliphatic carbocycles. The molecule has 0 amide bonds. The number of alkyl halides is 3. The lowest BCUT2D eigenvalue weighted by Crippen LogP contribution is -2.10. The number of halogens is 3. The molecule has 0 unspecified atom stereocenters. The van der Waals surface area contributed by atoms with E-state index in [2.05, 4.69) is 431 Å². The predicted molar refractivity (Wildman–Crippen MR) is 550 cm³/mol. The van der Waals surface area contributed by atoms with Crippen LogP contribution in [0.25, 0.3) is 186 Å². The molecule has 0 saturated heterocycles. The van der Waals surface area contributed by atoms with E-state index in [0.29, 0.717) is 0 Å². The molecule has 1 aliphatic rings. The fourth-order valence-corrected chi connectivity index (χ4v) is 21.2. The Hall–Kier alpha value is -16.6. The van der Waals surface area contributed by atoms with Crippen molar-refractivity contribution in [3.05, 3.63) is 484 Å².